The molecule has 3 aromatic heterocycles. The fourth-order valence-corrected chi connectivity index (χ4v) is 4.16. The van der Waals surface area contributed by atoms with Crippen LogP contribution in [0, 0.1) is 0 Å². The summed E-state index contributed by atoms with van der Waals surface area (Å²) in [6.45, 7) is 2.86. The first-order valence-electron chi connectivity index (χ1n) is 9.58. The lowest BCUT2D eigenvalue weighted by Gasteiger charge is -2.33. The Morgan fingerprint density at radius 3 is 2.73 bits per heavy atom. The number of nitrogens with zero attached hydrogens (tertiary/aromatic N) is 4. The minimum Gasteiger partial charge on any atom is -0.422 e. The molecule has 0 saturated carbocycles. The van der Waals surface area contributed by atoms with Crippen LogP contribution >= 0.6 is 11.3 Å². The van der Waals surface area contributed by atoms with Crippen LogP contribution in [-0.4, -0.2) is 52.0 Å². The van der Waals surface area contributed by atoms with Crippen molar-refractivity contribution < 1.29 is 13.7 Å². The SMILES string of the molecule is O=C(c1cc2ccccc2oc1=O)N1CCN(Cc2nc(-c3cccs3)no2)CC1. The molecule has 0 atom stereocenters. The molecule has 8 nitrogen and oxygen atoms in total. The molecule has 5 rings (SSSR count). The molecule has 1 aromatic carbocycles. The third-order valence-corrected chi connectivity index (χ3v) is 5.97. The Hall–Kier alpha value is -3.30. The van der Waals surface area contributed by atoms with E-state index in [1.165, 1.54) is 0 Å². The molecule has 1 fully saturated rings. The van der Waals surface area contributed by atoms with Crippen molar-refractivity contribution in [3.63, 3.8) is 0 Å². The molecular formula is C21H18N4O4S. The van der Waals surface area contributed by atoms with E-state index in [9.17, 15) is 9.59 Å². The van der Waals surface area contributed by atoms with Crippen LogP contribution in [0.25, 0.3) is 21.7 Å². The van der Waals surface area contributed by atoms with E-state index in [1.54, 1.807) is 34.4 Å². The molecule has 0 bridgehead atoms. The van der Waals surface area contributed by atoms with E-state index in [1.807, 2.05) is 29.6 Å². The van der Waals surface area contributed by atoms with Crippen molar-refractivity contribution in [3.8, 4) is 10.7 Å². The standard InChI is InChI=1S/C21H18N4O4S/c26-20(15-12-14-4-1-2-5-16(14)28-21(15)27)25-9-7-24(8-10-25)13-18-22-19(23-29-18)17-6-3-11-30-17/h1-6,11-12H,7-10,13H2. The second-order valence-electron chi connectivity index (χ2n) is 7.04. The zero-order valence-corrected chi connectivity index (χ0v) is 16.8. The predicted octanol–water partition coefficient (Wildman–Crippen LogP) is 2.86. The minimum absolute atomic E-state index is 0.0691. The molecule has 152 valence electrons. The number of para-hydroxylation sites is 1. The van der Waals surface area contributed by atoms with Gasteiger partial charge in [-0.25, -0.2) is 4.79 Å². The Morgan fingerprint density at radius 1 is 1.10 bits per heavy atom. The first-order valence-corrected chi connectivity index (χ1v) is 10.5. The minimum atomic E-state index is -0.604. The van der Waals surface area contributed by atoms with Gasteiger partial charge in [-0.1, -0.05) is 29.4 Å². The van der Waals surface area contributed by atoms with Crippen LogP contribution in [0.1, 0.15) is 16.2 Å². The van der Waals surface area contributed by atoms with E-state index >= 15 is 0 Å². The number of fused-ring (bicyclic) bond motifs is 1. The monoisotopic (exact) mass is 422 g/mol. The normalized spacial score (nSPS) is 15.0. The molecule has 4 heterocycles. The van der Waals surface area contributed by atoms with Gasteiger partial charge in [-0.3, -0.25) is 9.69 Å². The number of amides is 1. The topological polar surface area (TPSA) is 92.7 Å². The van der Waals surface area contributed by atoms with E-state index in [4.69, 9.17) is 8.94 Å². The predicted molar refractivity (Wildman–Crippen MR) is 111 cm³/mol. The van der Waals surface area contributed by atoms with Gasteiger partial charge in [-0.15, -0.1) is 11.3 Å². The van der Waals surface area contributed by atoms with E-state index in [-0.39, 0.29) is 11.5 Å². The van der Waals surface area contributed by atoms with Crippen molar-refractivity contribution in [2.24, 2.45) is 0 Å². The summed E-state index contributed by atoms with van der Waals surface area (Å²) in [4.78, 5) is 34.4. The summed E-state index contributed by atoms with van der Waals surface area (Å²) in [6, 6.07) is 12.7. The lowest BCUT2D eigenvalue weighted by atomic mass is 10.1. The third kappa shape index (κ3) is 3.64. The number of hydrogen-bond acceptors (Lipinski definition) is 8. The molecule has 1 saturated heterocycles. The van der Waals surface area contributed by atoms with Gasteiger partial charge < -0.3 is 13.8 Å². The number of carbonyl (C=O) groups is 1. The molecule has 0 radical (unpaired) electrons. The summed E-state index contributed by atoms with van der Waals surface area (Å²) in [6.07, 6.45) is 0. The number of carbonyl (C=O) groups excluding carboxylic acids is 1. The zero-order chi connectivity index (χ0) is 20.5. The van der Waals surface area contributed by atoms with Crippen LogP contribution in [0.2, 0.25) is 0 Å². The molecule has 1 aliphatic heterocycles. The van der Waals surface area contributed by atoms with Gasteiger partial charge in [-0.2, -0.15) is 4.98 Å². The van der Waals surface area contributed by atoms with Crippen LogP contribution in [0.15, 0.2) is 61.6 Å². The molecule has 0 spiro atoms. The van der Waals surface area contributed by atoms with Crippen molar-refractivity contribution >= 4 is 28.2 Å². The summed E-state index contributed by atoms with van der Waals surface area (Å²) in [5.74, 6) is 0.845. The smallest absolute Gasteiger partial charge is 0.349 e. The summed E-state index contributed by atoms with van der Waals surface area (Å²) >= 11 is 1.56. The van der Waals surface area contributed by atoms with Crippen LogP contribution in [0.3, 0.4) is 0 Å². The van der Waals surface area contributed by atoms with E-state index < -0.39 is 5.63 Å². The zero-order valence-electron chi connectivity index (χ0n) is 16.0. The fraction of sp³-hybridized carbons (Fsp3) is 0.238. The van der Waals surface area contributed by atoms with Gasteiger partial charge in [0.25, 0.3) is 5.91 Å². The molecule has 4 aromatic rings. The maximum atomic E-state index is 12.9. The van der Waals surface area contributed by atoms with E-state index in [0.29, 0.717) is 50.0 Å². The number of hydrogen-bond donors (Lipinski definition) is 0. The Balaban J connectivity index is 1.23. The van der Waals surface area contributed by atoms with Gasteiger partial charge in [0.15, 0.2) is 0 Å². The van der Waals surface area contributed by atoms with Crippen LogP contribution in [0.4, 0.5) is 0 Å². The molecule has 1 amide bonds. The Labute approximate surface area is 175 Å². The maximum Gasteiger partial charge on any atom is 0.349 e. The largest absolute Gasteiger partial charge is 0.422 e. The molecule has 9 heteroatoms. The van der Waals surface area contributed by atoms with Crippen molar-refractivity contribution in [3.05, 3.63) is 69.7 Å². The Kier molecular flexibility index (Phi) is 4.89. The molecule has 0 N–H and O–H groups in total. The first kappa shape index (κ1) is 18.7. The van der Waals surface area contributed by atoms with E-state index in [2.05, 4.69) is 15.0 Å². The van der Waals surface area contributed by atoms with E-state index in [0.717, 1.165) is 10.3 Å². The lowest BCUT2D eigenvalue weighted by molar-refractivity contribution is 0.0611. The third-order valence-electron chi connectivity index (χ3n) is 5.10. The molecular weight excluding hydrogens is 404 g/mol. The Morgan fingerprint density at radius 2 is 1.93 bits per heavy atom. The molecule has 0 aliphatic carbocycles. The second kappa shape index (κ2) is 7.85. The van der Waals surface area contributed by atoms with Crippen molar-refractivity contribution in [2.75, 3.05) is 26.2 Å². The summed E-state index contributed by atoms with van der Waals surface area (Å²) in [5.41, 5.74) is -0.0573. The number of thiophene rings is 1. The maximum absolute atomic E-state index is 12.9. The highest BCUT2D eigenvalue weighted by Crippen LogP contribution is 2.22. The highest BCUT2D eigenvalue weighted by molar-refractivity contribution is 7.13. The van der Waals surface area contributed by atoms with Crippen molar-refractivity contribution in [1.82, 2.24) is 19.9 Å². The quantitative estimate of drug-likeness (QED) is 0.467. The second-order valence-corrected chi connectivity index (χ2v) is 7.99. The summed E-state index contributed by atoms with van der Waals surface area (Å²) < 4.78 is 10.7. The highest BCUT2D eigenvalue weighted by atomic mass is 32.1. The fourth-order valence-electron chi connectivity index (χ4n) is 3.51. The average molecular weight is 422 g/mol. The van der Waals surface area contributed by atoms with Gasteiger partial charge in [0.1, 0.15) is 11.1 Å². The van der Waals surface area contributed by atoms with Gasteiger partial charge in [0.2, 0.25) is 11.7 Å². The highest BCUT2D eigenvalue weighted by Gasteiger charge is 2.26. The summed E-state index contributed by atoms with van der Waals surface area (Å²) in [5, 5.41) is 6.73. The van der Waals surface area contributed by atoms with Crippen LogP contribution < -0.4 is 5.63 Å². The molecule has 30 heavy (non-hydrogen) atoms. The number of rotatable bonds is 4. The van der Waals surface area contributed by atoms with Crippen molar-refractivity contribution in [1.29, 1.82) is 0 Å². The number of benzene rings is 1. The number of piperazine rings is 1. The lowest BCUT2D eigenvalue weighted by Crippen LogP contribution is -2.49. The van der Waals surface area contributed by atoms with Crippen LogP contribution in [0.5, 0.6) is 0 Å². The van der Waals surface area contributed by atoms with Gasteiger partial charge in [0, 0.05) is 31.6 Å². The summed E-state index contributed by atoms with van der Waals surface area (Å²) in [7, 11) is 0. The number of aromatic nitrogens is 2. The Bertz CT molecular complexity index is 1240. The van der Waals surface area contributed by atoms with Gasteiger partial charge in [0.05, 0.1) is 11.4 Å². The van der Waals surface area contributed by atoms with Gasteiger partial charge in [-0.05, 0) is 23.6 Å². The average Bonchev–Trinajstić information content (AvgIpc) is 3.45. The van der Waals surface area contributed by atoms with Crippen molar-refractivity contribution in [2.45, 2.75) is 6.54 Å². The first-order chi connectivity index (χ1) is 14.7. The van der Waals surface area contributed by atoms with Gasteiger partial charge >= 0.3 is 5.63 Å². The molecule has 1 aliphatic rings. The van der Waals surface area contributed by atoms with Crippen LogP contribution in [-0.2, 0) is 6.54 Å². The molecule has 0 unspecified atom stereocenters.